The number of ether oxygens (including phenoxy) is 1. The van der Waals surface area contributed by atoms with E-state index in [0.717, 1.165) is 21.5 Å². The molecule has 0 fully saturated rings. The van der Waals surface area contributed by atoms with Gasteiger partial charge in [-0.15, -0.1) is 0 Å². The van der Waals surface area contributed by atoms with Gasteiger partial charge in [0.2, 0.25) is 0 Å². The minimum atomic E-state index is -0.118. The molecule has 106 valence electrons. The van der Waals surface area contributed by atoms with Gasteiger partial charge in [0, 0.05) is 27.3 Å². The number of methoxy groups -OCH3 is 1. The summed E-state index contributed by atoms with van der Waals surface area (Å²) in [5.74, 6) is 0.732. The molecule has 5 heteroatoms. The van der Waals surface area contributed by atoms with Gasteiger partial charge in [-0.1, -0.05) is 39.7 Å². The smallest absolute Gasteiger partial charge is 0.125 e. The first kappa shape index (κ1) is 15.2. The van der Waals surface area contributed by atoms with Gasteiger partial charge in [-0.2, -0.15) is 0 Å². The average molecular weight is 356 g/mol. The average Bonchev–Trinajstić information content (AvgIpc) is 2.45. The van der Waals surface area contributed by atoms with Crippen LogP contribution in [-0.4, -0.2) is 13.7 Å². The van der Waals surface area contributed by atoms with Gasteiger partial charge in [0.25, 0.3) is 0 Å². The monoisotopic (exact) mass is 354 g/mol. The highest BCUT2D eigenvalue weighted by atomic mass is 79.9. The Balaban J connectivity index is 2.33. The molecule has 1 unspecified atom stereocenters. The predicted molar refractivity (Wildman–Crippen MR) is 87.6 cm³/mol. The van der Waals surface area contributed by atoms with Crippen molar-refractivity contribution in [3.63, 3.8) is 0 Å². The Morgan fingerprint density at radius 1 is 1.30 bits per heavy atom. The maximum atomic E-state index is 6.29. The first-order valence-electron chi connectivity index (χ1n) is 6.20. The molecule has 2 aromatic rings. The third kappa shape index (κ3) is 3.45. The molecule has 0 heterocycles. The summed E-state index contributed by atoms with van der Waals surface area (Å²) in [4.78, 5) is 0. The van der Waals surface area contributed by atoms with Gasteiger partial charge >= 0.3 is 0 Å². The van der Waals surface area contributed by atoms with Gasteiger partial charge in [0.05, 0.1) is 13.2 Å². The van der Waals surface area contributed by atoms with Crippen molar-refractivity contribution in [1.29, 1.82) is 0 Å². The van der Waals surface area contributed by atoms with E-state index in [4.69, 9.17) is 22.1 Å². The zero-order valence-corrected chi connectivity index (χ0v) is 13.4. The number of nitrogens with one attached hydrogen (secondary N) is 1. The Morgan fingerprint density at radius 2 is 2.05 bits per heavy atom. The molecule has 0 saturated heterocycles. The number of benzene rings is 2. The molecule has 2 aromatic carbocycles. The van der Waals surface area contributed by atoms with Gasteiger partial charge in [0.15, 0.2) is 0 Å². The van der Waals surface area contributed by atoms with Crippen LogP contribution in [0.1, 0.15) is 11.6 Å². The van der Waals surface area contributed by atoms with Crippen LogP contribution in [-0.2, 0) is 0 Å². The molecule has 20 heavy (non-hydrogen) atoms. The summed E-state index contributed by atoms with van der Waals surface area (Å²) in [7, 11) is 1.63. The Kier molecular flexibility index (Phi) is 5.29. The van der Waals surface area contributed by atoms with Gasteiger partial charge in [-0.3, -0.25) is 0 Å². The van der Waals surface area contributed by atoms with E-state index < -0.39 is 0 Å². The molecule has 0 aromatic heterocycles. The zero-order valence-electron chi connectivity index (χ0n) is 11.1. The van der Waals surface area contributed by atoms with Crippen LogP contribution in [0, 0.1) is 0 Å². The second kappa shape index (κ2) is 6.97. The summed E-state index contributed by atoms with van der Waals surface area (Å²) >= 11 is 9.75. The van der Waals surface area contributed by atoms with E-state index >= 15 is 0 Å². The lowest BCUT2D eigenvalue weighted by Gasteiger charge is -2.22. The topological polar surface area (TPSA) is 47.3 Å². The van der Waals surface area contributed by atoms with Gasteiger partial charge < -0.3 is 15.8 Å². The van der Waals surface area contributed by atoms with Crippen LogP contribution in [0.4, 0.5) is 5.69 Å². The molecule has 0 aliphatic heterocycles. The predicted octanol–water partition coefficient (Wildman–Crippen LogP) is 4.22. The highest BCUT2D eigenvalue weighted by Gasteiger charge is 2.18. The molecule has 0 bridgehead atoms. The van der Waals surface area contributed by atoms with Crippen LogP contribution in [0.2, 0.25) is 5.02 Å². The Labute approximate surface area is 132 Å². The molecule has 0 radical (unpaired) electrons. The van der Waals surface area contributed by atoms with E-state index in [1.165, 1.54) is 0 Å². The van der Waals surface area contributed by atoms with E-state index in [2.05, 4.69) is 21.2 Å². The summed E-state index contributed by atoms with van der Waals surface area (Å²) < 4.78 is 6.39. The fourth-order valence-electron chi connectivity index (χ4n) is 2.06. The summed E-state index contributed by atoms with van der Waals surface area (Å²) in [6.07, 6.45) is 0. The SMILES string of the molecule is COc1cccc(Cl)c1C(CN)Nc1cccc(Br)c1. The number of nitrogens with two attached hydrogens (primary N) is 1. The molecule has 0 spiro atoms. The molecule has 2 rings (SSSR count). The minimum absolute atomic E-state index is 0.118. The molecule has 3 nitrogen and oxygen atoms in total. The standard InChI is InChI=1S/C15H16BrClN2O/c1-20-14-7-3-6-12(17)15(14)13(9-18)19-11-5-2-4-10(16)8-11/h2-8,13,19H,9,18H2,1H3. The van der Waals surface area contributed by atoms with E-state index in [-0.39, 0.29) is 6.04 Å². The minimum Gasteiger partial charge on any atom is -0.496 e. The third-order valence-electron chi connectivity index (χ3n) is 2.98. The largest absolute Gasteiger partial charge is 0.496 e. The summed E-state index contributed by atoms with van der Waals surface area (Å²) in [5.41, 5.74) is 7.74. The summed E-state index contributed by atoms with van der Waals surface area (Å²) in [6.45, 7) is 0.409. The van der Waals surface area contributed by atoms with Crippen LogP contribution in [0.3, 0.4) is 0 Å². The molecule has 0 saturated carbocycles. The lowest BCUT2D eigenvalue weighted by molar-refractivity contribution is 0.407. The van der Waals surface area contributed by atoms with Crippen molar-refractivity contribution < 1.29 is 4.74 Å². The van der Waals surface area contributed by atoms with Crippen molar-refractivity contribution in [3.05, 3.63) is 57.5 Å². The normalized spacial score (nSPS) is 12.0. The molecule has 0 aliphatic rings. The highest BCUT2D eigenvalue weighted by molar-refractivity contribution is 9.10. The van der Waals surface area contributed by atoms with Gasteiger partial charge in [0.1, 0.15) is 5.75 Å². The molecule has 0 aliphatic carbocycles. The number of anilines is 1. The van der Waals surface area contributed by atoms with Crippen molar-refractivity contribution >= 4 is 33.2 Å². The number of hydrogen-bond donors (Lipinski definition) is 2. The van der Waals surface area contributed by atoms with E-state index in [0.29, 0.717) is 11.6 Å². The highest BCUT2D eigenvalue weighted by Crippen LogP contribution is 2.33. The first-order chi connectivity index (χ1) is 9.65. The lowest BCUT2D eigenvalue weighted by atomic mass is 10.0. The van der Waals surface area contributed by atoms with Crippen molar-refractivity contribution in [2.75, 3.05) is 19.0 Å². The lowest BCUT2D eigenvalue weighted by Crippen LogP contribution is -2.21. The van der Waals surface area contributed by atoms with Crippen molar-refractivity contribution in [1.82, 2.24) is 0 Å². The van der Waals surface area contributed by atoms with Gasteiger partial charge in [-0.25, -0.2) is 0 Å². The first-order valence-corrected chi connectivity index (χ1v) is 7.37. The van der Waals surface area contributed by atoms with Gasteiger partial charge in [-0.05, 0) is 30.3 Å². The third-order valence-corrected chi connectivity index (χ3v) is 3.81. The van der Waals surface area contributed by atoms with Crippen molar-refractivity contribution in [3.8, 4) is 5.75 Å². The van der Waals surface area contributed by atoms with Crippen LogP contribution in [0.15, 0.2) is 46.9 Å². The van der Waals surface area contributed by atoms with Crippen LogP contribution < -0.4 is 15.8 Å². The zero-order chi connectivity index (χ0) is 14.5. The second-order valence-corrected chi connectivity index (χ2v) is 5.62. The number of rotatable bonds is 5. The second-order valence-electron chi connectivity index (χ2n) is 4.30. The van der Waals surface area contributed by atoms with E-state index in [9.17, 15) is 0 Å². The fourth-order valence-corrected chi connectivity index (χ4v) is 2.76. The molecular formula is C15H16BrClN2O. The Hall–Kier alpha value is -1.23. The molecular weight excluding hydrogens is 340 g/mol. The Bertz CT molecular complexity index is 592. The number of halogens is 2. The van der Waals surface area contributed by atoms with Crippen LogP contribution >= 0.6 is 27.5 Å². The van der Waals surface area contributed by atoms with Crippen molar-refractivity contribution in [2.24, 2.45) is 5.73 Å². The van der Waals surface area contributed by atoms with Crippen LogP contribution in [0.5, 0.6) is 5.75 Å². The number of hydrogen-bond acceptors (Lipinski definition) is 3. The molecule has 1 atom stereocenters. The van der Waals surface area contributed by atoms with Crippen LogP contribution in [0.25, 0.3) is 0 Å². The van der Waals surface area contributed by atoms with E-state index in [1.54, 1.807) is 7.11 Å². The quantitative estimate of drug-likeness (QED) is 0.844. The fraction of sp³-hybridized carbons (Fsp3) is 0.200. The summed E-state index contributed by atoms with van der Waals surface area (Å²) in [5, 5.41) is 4.02. The maximum absolute atomic E-state index is 6.29. The summed E-state index contributed by atoms with van der Waals surface area (Å²) in [6, 6.07) is 13.4. The Morgan fingerprint density at radius 3 is 2.70 bits per heavy atom. The van der Waals surface area contributed by atoms with E-state index in [1.807, 2.05) is 42.5 Å². The molecule has 3 N–H and O–H groups in total. The maximum Gasteiger partial charge on any atom is 0.125 e. The molecule has 0 amide bonds. The van der Waals surface area contributed by atoms with Crippen molar-refractivity contribution in [2.45, 2.75) is 6.04 Å².